The zero-order chi connectivity index (χ0) is 47.3. The summed E-state index contributed by atoms with van der Waals surface area (Å²) in [7, 11) is -0.481. The van der Waals surface area contributed by atoms with Gasteiger partial charge in [0.1, 0.15) is 30.8 Å². The Bertz CT molecular complexity index is 2080. The van der Waals surface area contributed by atoms with Crippen LogP contribution in [0.3, 0.4) is 0 Å². The molecule has 17 heteroatoms. The van der Waals surface area contributed by atoms with E-state index in [9.17, 15) is 37.5 Å². The minimum atomic E-state index is -4.19. The average Bonchev–Trinajstić information content (AvgIpc) is 3.23. The largest absolute Gasteiger partial charge is 0.480 e. The van der Waals surface area contributed by atoms with Gasteiger partial charge in [0.05, 0.1) is 11.4 Å². The number of amides is 4. The van der Waals surface area contributed by atoms with Crippen molar-refractivity contribution in [2.24, 2.45) is 11.8 Å². The molecule has 0 aromatic heterocycles. The Kier molecular flexibility index (Phi) is 23.5. The number of fused-ring (bicyclic) bond motifs is 1. The number of anilines is 1. The SMILES string of the molecule is C#CCOCCC/C(C)=C/CC/C(C)=C/CSC[C@H](NC(=O)CNS(=O)(=O)c1cccc2c(N(C)C)cccc12)C(=O)N[C@H](C(=O)N[C@H](C(=O)N[C@@H](C)C(=O)O)[C@@H](C)CC)C(C)C. The summed E-state index contributed by atoms with van der Waals surface area (Å²) < 4.78 is 34.9. The molecule has 2 aromatic carbocycles. The molecule has 15 nitrogen and oxygen atoms in total. The molecule has 0 spiro atoms. The highest BCUT2D eigenvalue weighted by Crippen LogP contribution is 2.30. The van der Waals surface area contributed by atoms with E-state index in [1.54, 1.807) is 39.0 Å². The lowest BCUT2D eigenvalue weighted by atomic mass is 9.96. The number of terminal acetylenes is 1. The number of carboxylic acids is 1. The summed E-state index contributed by atoms with van der Waals surface area (Å²) in [5.74, 6) is -1.83. The maximum Gasteiger partial charge on any atom is 0.325 e. The van der Waals surface area contributed by atoms with Gasteiger partial charge in [0.2, 0.25) is 33.7 Å². The van der Waals surface area contributed by atoms with Crippen molar-refractivity contribution in [1.82, 2.24) is 26.0 Å². The number of hydrogen-bond acceptors (Lipinski definition) is 10. The Balaban J connectivity index is 2.26. The Morgan fingerprint density at radius 2 is 1.51 bits per heavy atom. The third-order valence-electron chi connectivity index (χ3n) is 10.4. The first kappa shape index (κ1) is 54.2. The van der Waals surface area contributed by atoms with Crippen LogP contribution in [0.2, 0.25) is 0 Å². The molecule has 2 aromatic rings. The highest BCUT2D eigenvalue weighted by Gasteiger charge is 2.34. The predicted octanol–water partition coefficient (Wildman–Crippen LogP) is 4.77. The molecule has 0 unspecified atom stereocenters. The first-order valence-corrected chi connectivity index (χ1v) is 23.9. The monoisotopic (exact) mass is 912 g/mol. The van der Waals surface area contributed by atoms with E-state index >= 15 is 0 Å². The lowest BCUT2D eigenvalue weighted by Gasteiger charge is -2.29. The molecule has 0 aliphatic rings. The second kappa shape index (κ2) is 27.3. The highest BCUT2D eigenvalue weighted by atomic mass is 32.2. The average molecular weight is 913 g/mol. The second-order valence-electron chi connectivity index (χ2n) is 16.2. The number of carboxylic acid groups (broad SMARTS) is 1. The Labute approximate surface area is 378 Å². The molecular weight excluding hydrogens is 845 g/mol. The van der Waals surface area contributed by atoms with Crippen LogP contribution >= 0.6 is 11.8 Å². The summed E-state index contributed by atoms with van der Waals surface area (Å²) in [5.41, 5.74) is 3.23. The van der Waals surface area contributed by atoms with Crippen LogP contribution in [0.15, 0.2) is 64.6 Å². The van der Waals surface area contributed by atoms with Gasteiger partial charge >= 0.3 is 5.97 Å². The number of aliphatic carboxylic acids is 1. The van der Waals surface area contributed by atoms with Crippen molar-refractivity contribution in [2.75, 3.05) is 50.3 Å². The third kappa shape index (κ3) is 18.4. The van der Waals surface area contributed by atoms with Crippen molar-refractivity contribution in [3.8, 4) is 12.3 Å². The van der Waals surface area contributed by atoms with Crippen LogP contribution in [0.5, 0.6) is 0 Å². The van der Waals surface area contributed by atoms with Gasteiger partial charge < -0.3 is 36.0 Å². The number of benzene rings is 2. The van der Waals surface area contributed by atoms with Crippen LogP contribution in [0.4, 0.5) is 5.69 Å². The van der Waals surface area contributed by atoms with E-state index in [1.165, 1.54) is 30.3 Å². The lowest BCUT2D eigenvalue weighted by Crippen LogP contribution is -2.60. The number of thioether (sulfide) groups is 1. The van der Waals surface area contributed by atoms with E-state index in [0.29, 0.717) is 36.2 Å². The minimum Gasteiger partial charge on any atom is -0.480 e. The normalized spacial score (nSPS) is 14.5. The van der Waals surface area contributed by atoms with Gasteiger partial charge in [0.25, 0.3) is 0 Å². The van der Waals surface area contributed by atoms with Crippen molar-refractivity contribution in [1.29, 1.82) is 0 Å². The standard InChI is InChI=1S/C46H68N6O9S2/c1-11-25-61-26-16-19-31(5)17-13-18-32(6)24-27-62-29-37(43(54)50-41(30(3)4)44(55)51-42(33(7)12-2)45(56)48-34(8)46(57)58)49-40(53)28-47-63(59,60)39-23-15-20-35-36(39)21-14-22-38(35)52(9)10/h1,14-15,17,20-24,30,33-34,37,41-42,47H,12-13,16,18-19,25-29H2,2-10H3,(H,48,56)(H,49,53)(H,50,54)(H,51,55)(H,57,58)/b31-17+,32-24+/t33-,34-,37-,41-,42-/m0/s1. The molecule has 6 N–H and O–H groups in total. The van der Waals surface area contributed by atoms with Gasteiger partial charge in [-0.1, -0.05) is 87.6 Å². The molecule has 2 rings (SSSR count). The zero-order valence-corrected chi connectivity index (χ0v) is 39.8. The molecule has 0 bridgehead atoms. The van der Waals surface area contributed by atoms with Gasteiger partial charge in [-0.15, -0.1) is 6.42 Å². The van der Waals surface area contributed by atoms with Crippen molar-refractivity contribution >= 4 is 67.8 Å². The second-order valence-corrected chi connectivity index (χ2v) is 19.0. The molecule has 0 heterocycles. The number of carbonyl (C=O) groups is 5. The number of nitrogens with one attached hydrogen (secondary N) is 5. The van der Waals surface area contributed by atoms with Crippen molar-refractivity contribution in [3.05, 3.63) is 59.7 Å². The Morgan fingerprint density at radius 3 is 2.14 bits per heavy atom. The van der Waals surface area contributed by atoms with E-state index in [-0.39, 0.29) is 16.6 Å². The fourth-order valence-corrected chi connectivity index (χ4v) is 8.59. The number of sulfonamides is 1. The summed E-state index contributed by atoms with van der Waals surface area (Å²) in [5, 5.41) is 21.0. The van der Waals surface area contributed by atoms with Gasteiger partial charge in [-0.2, -0.15) is 11.8 Å². The van der Waals surface area contributed by atoms with Gasteiger partial charge in [-0.25, -0.2) is 13.1 Å². The molecule has 63 heavy (non-hydrogen) atoms. The number of rotatable bonds is 28. The Hall–Kier alpha value is -4.89. The van der Waals surface area contributed by atoms with Gasteiger partial charge in [0.15, 0.2) is 0 Å². The molecule has 4 amide bonds. The lowest BCUT2D eigenvalue weighted by molar-refractivity contribution is -0.142. The molecular formula is C46H68N6O9S2. The third-order valence-corrected chi connectivity index (χ3v) is 12.8. The number of carbonyl (C=O) groups excluding carboxylic acids is 4. The molecule has 0 saturated heterocycles. The summed E-state index contributed by atoms with van der Waals surface area (Å²) >= 11 is 1.38. The van der Waals surface area contributed by atoms with Crippen LogP contribution in [-0.4, -0.2) is 113 Å². The van der Waals surface area contributed by atoms with E-state index in [0.717, 1.165) is 36.9 Å². The van der Waals surface area contributed by atoms with Crippen LogP contribution < -0.4 is 30.9 Å². The molecule has 0 fully saturated rings. The summed E-state index contributed by atoms with van der Waals surface area (Å²) in [6.07, 6.45) is 13.4. The maximum atomic E-state index is 14.0. The van der Waals surface area contributed by atoms with Crippen LogP contribution in [-0.2, 0) is 38.7 Å². The van der Waals surface area contributed by atoms with Crippen molar-refractivity contribution in [3.63, 3.8) is 0 Å². The number of ether oxygens (including phenoxy) is 1. The molecule has 0 radical (unpaired) electrons. The van der Waals surface area contributed by atoms with Crippen LogP contribution in [0.1, 0.15) is 80.6 Å². The van der Waals surface area contributed by atoms with E-state index < -0.39 is 76.3 Å². The van der Waals surface area contributed by atoms with Gasteiger partial charge in [0, 0.05) is 48.7 Å². The maximum absolute atomic E-state index is 14.0. The topological polar surface area (TPSA) is 212 Å². The van der Waals surface area contributed by atoms with Gasteiger partial charge in [-0.05, 0) is 70.4 Å². The van der Waals surface area contributed by atoms with Crippen molar-refractivity contribution < 1.29 is 42.2 Å². The molecule has 0 aliphatic heterocycles. The fourth-order valence-electron chi connectivity index (χ4n) is 6.38. The Morgan fingerprint density at radius 1 is 0.873 bits per heavy atom. The minimum absolute atomic E-state index is 0.00701. The first-order chi connectivity index (χ1) is 29.7. The van der Waals surface area contributed by atoms with Crippen LogP contribution in [0.25, 0.3) is 10.8 Å². The highest BCUT2D eigenvalue weighted by molar-refractivity contribution is 7.99. The fraction of sp³-hybridized carbons (Fsp3) is 0.543. The molecule has 0 saturated carbocycles. The molecule has 348 valence electrons. The molecule has 0 aliphatic carbocycles. The summed E-state index contributed by atoms with van der Waals surface area (Å²) in [6.45, 7) is 12.7. The van der Waals surface area contributed by atoms with Crippen LogP contribution in [0, 0.1) is 24.2 Å². The van der Waals surface area contributed by atoms with E-state index in [4.69, 9.17) is 11.2 Å². The number of allylic oxidation sites excluding steroid dienone is 3. The van der Waals surface area contributed by atoms with Gasteiger partial charge in [-0.3, -0.25) is 24.0 Å². The summed E-state index contributed by atoms with van der Waals surface area (Å²) in [4.78, 5) is 67.6. The first-order valence-electron chi connectivity index (χ1n) is 21.3. The number of hydrogen-bond donors (Lipinski definition) is 6. The summed E-state index contributed by atoms with van der Waals surface area (Å²) in [6, 6.07) is 5.61. The van der Waals surface area contributed by atoms with E-state index in [1.807, 2.05) is 51.1 Å². The smallest absolute Gasteiger partial charge is 0.325 e. The van der Waals surface area contributed by atoms with Crippen molar-refractivity contribution in [2.45, 2.75) is 110 Å². The van der Waals surface area contributed by atoms with E-state index in [2.05, 4.69) is 44.9 Å². The zero-order valence-electron chi connectivity index (χ0n) is 38.2. The predicted molar refractivity (Wildman–Crippen MR) is 252 cm³/mol. The number of nitrogens with zero attached hydrogens (tertiary/aromatic N) is 1. The quantitative estimate of drug-likeness (QED) is 0.0389. The molecule has 5 atom stereocenters.